The molecule has 1 aliphatic heterocycles. The zero-order chi connectivity index (χ0) is 14.8. The number of anilines is 1. The average Bonchev–Trinajstić information content (AvgIpc) is 2.42. The first-order valence-electron chi connectivity index (χ1n) is 6.39. The largest absolute Gasteiger partial charge is 0.329 e. The maximum absolute atomic E-state index is 13.7. The van der Waals surface area contributed by atoms with Gasteiger partial charge in [-0.05, 0) is 31.0 Å². The topological polar surface area (TPSA) is 75.4 Å². The highest BCUT2D eigenvalue weighted by Gasteiger charge is 2.31. The van der Waals surface area contributed by atoms with Crippen LogP contribution < -0.4 is 10.5 Å². The minimum absolute atomic E-state index is 0.0688. The Kier molecular flexibility index (Phi) is 5.00. The molecule has 0 spiro atoms. The number of nitrogens with zero attached hydrogens (tertiary/aromatic N) is 1. The molecular weight excluding hydrogens is 349 g/mol. The maximum atomic E-state index is 13.7. The average molecular weight is 366 g/mol. The second-order valence-electron chi connectivity index (χ2n) is 4.73. The fraction of sp³-hybridized carbons (Fsp3) is 0.500. The third-order valence-corrected chi connectivity index (χ3v) is 5.39. The number of benzene rings is 1. The van der Waals surface area contributed by atoms with Crippen molar-refractivity contribution in [2.75, 3.05) is 17.8 Å². The fourth-order valence-corrected chi connectivity index (χ4v) is 4.17. The van der Waals surface area contributed by atoms with E-state index in [2.05, 4.69) is 20.7 Å². The molecule has 1 saturated heterocycles. The minimum atomic E-state index is -3.79. The fourth-order valence-electron chi connectivity index (χ4n) is 2.30. The summed E-state index contributed by atoms with van der Waals surface area (Å²) in [5.41, 5.74) is 5.55. The lowest BCUT2D eigenvalue weighted by Crippen LogP contribution is -2.49. The Morgan fingerprint density at radius 2 is 2.20 bits per heavy atom. The van der Waals surface area contributed by atoms with Gasteiger partial charge in [0, 0.05) is 23.6 Å². The van der Waals surface area contributed by atoms with Gasteiger partial charge in [0.1, 0.15) is 5.82 Å². The molecule has 2 rings (SSSR count). The molecule has 1 aromatic carbocycles. The van der Waals surface area contributed by atoms with Gasteiger partial charge < -0.3 is 5.73 Å². The standard InChI is InChI=1S/C12H17BrFN3O2S/c13-9-4-5-11(14)12(7-9)16-20(18,19)17-6-2-1-3-10(17)8-15/h4-5,7,10,16H,1-3,6,8,15H2. The summed E-state index contributed by atoms with van der Waals surface area (Å²) in [6.07, 6.45) is 2.48. The van der Waals surface area contributed by atoms with E-state index in [0.29, 0.717) is 11.0 Å². The molecule has 1 aliphatic rings. The normalized spacial score (nSPS) is 20.9. The Labute approximate surface area is 126 Å². The van der Waals surface area contributed by atoms with E-state index in [9.17, 15) is 12.8 Å². The Morgan fingerprint density at radius 3 is 2.90 bits per heavy atom. The molecule has 5 nitrogen and oxygen atoms in total. The molecule has 3 N–H and O–H groups in total. The van der Waals surface area contributed by atoms with E-state index < -0.39 is 16.0 Å². The predicted octanol–water partition coefficient (Wildman–Crippen LogP) is 2.06. The van der Waals surface area contributed by atoms with Gasteiger partial charge in [0.2, 0.25) is 0 Å². The van der Waals surface area contributed by atoms with Gasteiger partial charge in [-0.1, -0.05) is 22.4 Å². The molecule has 0 aromatic heterocycles. The zero-order valence-electron chi connectivity index (χ0n) is 10.9. The van der Waals surface area contributed by atoms with Crippen molar-refractivity contribution in [2.45, 2.75) is 25.3 Å². The van der Waals surface area contributed by atoms with Crippen LogP contribution >= 0.6 is 15.9 Å². The molecule has 0 bridgehead atoms. The Bertz CT molecular complexity index is 582. The van der Waals surface area contributed by atoms with E-state index in [1.54, 1.807) is 0 Å². The Balaban J connectivity index is 2.24. The molecule has 0 saturated carbocycles. The summed E-state index contributed by atoms with van der Waals surface area (Å²) < 4.78 is 42.6. The number of hydrogen-bond acceptors (Lipinski definition) is 3. The minimum Gasteiger partial charge on any atom is -0.329 e. The summed E-state index contributed by atoms with van der Waals surface area (Å²) in [6.45, 7) is 0.675. The van der Waals surface area contributed by atoms with E-state index in [1.807, 2.05) is 0 Å². The zero-order valence-corrected chi connectivity index (χ0v) is 13.3. The van der Waals surface area contributed by atoms with Crippen LogP contribution in [0.5, 0.6) is 0 Å². The van der Waals surface area contributed by atoms with Gasteiger partial charge in [0.25, 0.3) is 0 Å². The molecule has 1 atom stereocenters. The number of halogens is 2. The smallest absolute Gasteiger partial charge is 0.302 e. The molecule has 20 heavy (non-hydrogen) atoms. The first-order chi connectivity index (χ1) is 9.44. The highest BCUT2D eigenvalue weighted by Crippen LogP contribution is 2.25. The lowest BCUT2D eigenvalue weighted by molar-refractivity contribution is 0.259. The molecule has 1 heterocycles. The Hall–Kier alpha value is -0.700. The quantitative estimate of drug-likeness (QED) is 0.857. The van der Waals surface area contributed by atoms with Gasteiger partial charge in [-0.25, -0.2) is 4.39 Å². The first-order valence-corrected chi connectivity index (χ1v) is 8.62. The van der Waals surface area contributed by atoms with Crippen molar-refractivity contribution in [1.82, 2.24) is 4.31 Å². The van der Waals surface area contributed by atoms with Crippen LogP contribution in [0.25, 0.3) is 0 Å². The second-order valence-corrected chi connectivity index (χ2v) is 7.27. The van der Waals surface area contributed by atoms with Crippen molar-refractivity contribution in [1.29, 1.82) is 0 Å². The van der Waals surface area contributed by atoms with Crippen molar-refractivity contribution in [2.24, 2.45) is 5.73 Å². The van der Waals surface area contributed by atoms with Crippen LogP contribution in [0, 0.1) is 5.82 Å². The van der Waals surface area contributed by atoms with Crippen LogP contribution in [0.15, 0.2) is 22.7 Å². The van der Waals surface area contributed by atoms with E-state index in [1.165, 1.54) is 22.5 Å². The van der Waals surface area contributed by atoms with Crippen LogP contribution in [0.3, 0.4) is 0 Å². The van der Waals surface area contributed by atoms with Crippen LogP contribution in [-0.4, -0.2) is 31.9 Å². The van der Waals surface area contributed by atoms with Crippen molar-refractivity contribution in [3.63, 3.8) is 0 Å². The van der Waals surface area contributed by atoms with Gasteiger partial charge >= 0.3 is 10.2 Å². The van der Waals surface area contributed by atoms with Crippen LogP contribution in [-0.2, 0) is 10.2 Å². The molecule has 0 aliphatic carbocycles. The van der Waals surface area contributed by atoms with Crippen molar-refractivity contribution in [3.8, 4) is 0 Å². The lowest BCUT2D eigenvalue weighted by atomic mass is 10.1. The molecule has 8 heteroatoms. The number of nitrogens with two attached hydrogens (primary N) is 1. The summed E-state index contributed by atoms with van der Waals surface area (Å²) >= 11 is 3.19. The van der Waals surface area contributed by atoms with Gasteiger partial charge in [-0.15, -0.1) is 0 Å². The highest BCUT2D eigenvalue weighted by atomic mass is 79.9. The van der Waals surface area contributed by atoms with E-state index in [4.69, 9.17) is 5.73 Å². The number of hydrogen-bond donors (Lipinski definition) is 2. The molecule has 112 valence electrons. The maximum Gasteiger partial charge on any atom is 0.302 e. The van der Waals surface area contributed by atoms with Crippen LogP contribution in [0.2, 0.25) is 0 Å². The third-order valence-electron chi connectivity index (χ3n) is 3.32. The lowest BCUT2D eigenvalue weighted by Gasteiger charge is -2.33. The van der Waals surface area contributed by atoms with Gasteiger partial charge in [0.15, 0.2) is 0 Å². The summed E-state index contributed by atoms with van der Waals surface area (Å²) in [5.74, 6) is -0.613. The van der Waals surface area contributed by atoms with Crippen LogP contribution in [0.1, 0.15) is 19.3 Å². The van der Waals surface area contributed by atoms with E-state index in [-0.39, 0.29) is 18.3 Å². The monoisotopic (exact) mass is 365 g/mol. The van der Waals surface area contributed by atoms with Crippen molar-refractivity contribution >= 4 is 31.8 Å². The molecular formula is C12H17BrFN3O2S. The highest BCUT2D eigenvalue weighted by molar-refractivity contribution is 9.10. The van der Waals surface area contributed by atoms with Gasteiger partial charge in [-0.2, -0.15) is 12.7 Å². The second kappa shape index (κ2) is 6.38. The first kappa shape index (κ1) is 15.7. The predicted molar refractivity (Wildman–Crippen MR) is 80.0 cm³/mol. The summed E-state index contributed by atoms with van der Waals surface area (Å²) in [6, 6.07) is 3.89. The van der Waals surface area contributed by atoms with Gasteiger partial charge in [0.05, 0.1) is 5.69 Å². The molecule has 1 unspecified atom stereocenters. The van der Waals surface area contributed by atoms with Gasteiger partial charge in [-0.3, -0.25) is 4.72 Å². The van der Waals surface area contributed by atoms with Crippen molar-refractivity contribution in [3.05, 3.63) is 28.5 Å². The SMILES string of the molecule is NCC1CCCCN1S(=O)(=O)Nc1cc(Br)ccc1F. The molecule has 0 amide bonds. The Morgan fingerprint density at radius 1 is 1.45 bits per heavy atom. The summed E-state index contributed by atoms with van der Waals surface area (Å²) in [5, 5.41) is 0. The van der Waals surface area contributed by atoms with Crippen molar-refractivity contribution < 1.29 is 12.8 Å². The number of piperidine rings is 1. The van der Waals surface area contributed by atoms with E-state index in [0.717, 1.165) is 19.3 Å². The summed E-state index contributed by atoms with van der Waals surface area (Å²) in [4.78, 5) is 0. The number of rotatable bonds is 4. The van der Waals surface area contributed by atoms with E-state index >= 15 is 0 Å². The number of nitrogens with one attached hydrogen (secondary N) is 1. The third kappa shape index (κ3) is 3.49. The van der Waals surface area contributed by atoms with Crippen LogP contribution in [0.4, 0.5) is 10.1 Å². The molecule has 1 fully saturated rings. The molecule has 1 aromatic rings. The molecule has 0 radical (unpaired) electrons. The summed E-state index contributed by atoms with van der Waals surface area (Å²) in [7, 11) is -3.79.